The Hall–Kier alpha value is -0.510. The van der Waals surface area contributed by atoms with Crippen LogP contribution in [0.15, 0.2) is 12.3 Å². The molecule has 0 atom stereocenters. The lowest BCUT2D eigenvalue weighted by Gasteiger charge is -1.89. The highest BCUT2D eigenvalue weighted by molar-refractivity contribution is 9.08. The summed E-state index contributed by atoms with van der Waals surface area (Å²) in [5.74, 6) is -0.0190. The third kappa shape index (κ3) is 1.71. The van der Waals surface area contributed by atoms with Crippen molar-refractivity contribution < 1.29 is 4.39 Å². The summed E-state index contributed by atoms with van der Waals surface area (Å²) in [5.41, 5.74) is 0. The van der Waals surface area contributed by atoms with Gasteiger partial charge in [-0.25, -0.2) is 9.97 Å². The molecule has 0 saturated heterocycles. The molecule has 0 aromatic carbocycles. The minimum absolute atomic E-state index is 0.468. The van der Waals surface area contributed by atoms with Gasteiger partial charge in [0, 0.05) is 12.3 Å². The molecule has 0 spiro atoms. The molecule has 1 aromatic rings. The molecule has 1 heterocycles. The van der Waals surface area contributed by atoms with Crippen LogP contribution < -0.4 is 0 Å². The second-order valence-electron chi connectivity index (χ2n) is 1.43. The Morgan fingerprint density at radius 2 is 2.44 bits per heavy atom. The highest BCUT2D eigenvalue weighted by Gasteiger charge is 1.93. The third-order valence-electron chi connectivity index (χ3n) is 0.791. The van der Waals surface area contributed by atoms with Gasteiger partial charge in [-0.05, 0) is 0 Å². The summed E-state index contributed by atoms with van der Waals surface area (Å²) in [6.45, 7) is 0. The van der Waals surface area contributed by atoms with Crippen LogP contribution in [0.25, 0.3) is 0 Å². The van der Waals surface area contributed by atoms with Gasteiger partial charge < -0.3 is 0 Å². The first-order chi connectivity index (χ1) is 4.33. The molecule has 4 heteroatoms. The summed E-state index contributed by atoms with van der Waals surface area (Å²) in [5, 5.41) is 0.491. The van der Waals surface area contributed by atoms with Gasteiger partial charge in [0.05, 0.1) is 5.33 Å². The molecular formula is C5H4BrFN2. The summed E-state index contributed by atoms with van der Waals surface area (Å²) in [7, 11) is 0. The number of alkyl halides is 1. The zero-order valence-electron chi connectivity index (χ0n) is 4.51. The predicted octanol–water partition coefficient (Wildman–Crippen LogP) is 1.51. The fourth-order valence-corrected chi connectivity index (χ4v) is 0.709. The maximum Gasteiger partial charge on any atom is 0.216 e. The van der Waals surface area contributed by atoms with Crippen molar-refractivity contribution >= 4 is 15.9 Å². The number of nitrogens with zero attached hydrogens (tertiary/aromatic N) is 2. The van der Waals surface area contributed by atoms with Gasteiger partial charge in [-0.1, -0.05) is 15.9 Å². The van der Waals surface area contributed by atoms with Crippen molar-refractivity contribution in [2.75, 3.05) is 0 Å². The third-order valence-corrected chi connectivity index (χ3v) is 1.29. The smallest absolute Gasteiger partial charge is 0.216 e. The molecular weight excluding hydrogens is 187 g/mol. The molecule has 0 radical (unpaired) electrons. The second-order valence-corrected chi connectivity index (χ2v) is 1.99. The molecule has 48 valence electrons. The van der Waals surface area contributed by atoms with Crippen molar-refractivity contribution in [3.8, 4) is 0 Å². The van der Waals surface area contributed by atoms with E-state index >= 15 is 0 Å². The molecule has 2 nitrogen and oxygen atoms in total. The molecule has 0 fully saturated rings. The van der Waals surface area contributed by atoms with Crippen LogP contribution in [0.1, 0.15) is 5.82 Å². The zero-order valence-corrected chi connectivity index (χ0v) is 6.10. The van der Waals surface area contributed by atoms with Crippen molar-refractivity contribution in [1.82, 2.24) is 9.97 Å². The van der Waals surface area contributed by atoms with Gasteiger partial charge in [0.15, 0.2) is 0 Å². The molecule has 1 rings (SSSR count). The predicted molar refractivity (Wildman–Crippen MR) is 34.6 cm³/mol. The Morgan fingerprint density at radius 1 is 1.67 bits per heavy atom. The van der Waals surface area contributed by atoms with Crippen molar-refractivity contribution in [2.45, 2.75) is 5.33 Å². The Morgan fingerprint density at radius 3 is 2.89 bits per heavy atom. The summed E-state index contributed by atoms with van der Waals surface area (Å²) in [6, 6.07) is 1.21. The molecule has 0 unspecified atom stereocenters. The van der Waals surface area contributed by atoms with Crippen LogP contribution in [-0.2, 0) is 5.33 Å². The zero-order chi connectivity index (χ0) is 6.69. The van der Waals surface area contributed by atoms with E-state index in [-0.39, 0.29) is 0 Å². The van der Waals surface area contributed by atoms with Crippen LogP contribution in [0.4, 0.5) is 4.39 Å². The molecule has 9 heavy (non-hydrogen) atoms. The molecule has 0 amide bonds. The molecule has 0 aliphatic rings. The first-order valence-corrected chi connectivity index (χ1v) is 3.48. The maximum atomic E-state index is 12.2. The molecule has 1 aromatic heterocycles. The highest BCUT2D eigenvalue weighted by Crippen LogP contribution is 1.97. The average Bonchev–Trinajstić information content (AvgIpc) is 1.88. The normalized spacial score (nSPS) is 9.56. The number of hydrogen-bond acceptors (Lipinski definition) is 2. The minimum Gasteiger partial charge on any atom is -0.240 e. The number of halogens is 2. The summed E-state index contributed by atoms with van der Waals surface area (Å²) in [4.78, 5) is 7.23. The van der Waals surface area contributed by atoms with Gasteiger partial charge in [0.2, 0.25) is 5.95 Å². The van der Waals surface area contributed by atoms with Crippen molar-refractivity contribution in [3.63, 3.8) is 0 Å². The largest absolute Gasteiger partial charge is 0.240 e. The van der Waals surface area contributed by atoms with E-state index in [2.05, 4.69) is 25.9 Å². The fourth-order valence-electron chi connectivity index (χ4n) is 0.439. The lowest BCUT2D eigenvalue weighted by Crippen LogP contribution is -1.91. The quantitative estimate of drug-likeness (QED) is 0.496. The number of rotatable bonds is 1. The average molecular weight is 191 g/mol. The maximum absolute atomic E-state index is 12.2. The van der Waals surface area contributed by atoms with Gasteiger partial charge in [0.1, 0.15) is 5.82 Å². The van der Waals surface area contributed by atoms with Crippen LogP contribution in [0.2, 0.25) is 0 Å². The Labute approximate surface area is 60.3 Å². The summed E-state index contributed by atoms with van der Waals surface area (Å²) < 4.78 is 12.2. The van der Waals surface area contributed by atoms with E-state index in [9.17, 15) is 4.39 Å². The van der Waals surface area contributed by atoms with Crippen LogP contribution in [0, 0.1) is 5.95 Å². The van der Waals surface area contributed by atoms with E-state index in [1.807, 2.05) is 0 Å². The van der Waals surface area contributed by atoms with E-state index in [0.717, 1.165) is 0 Å². The lowest BCUT2D eigenvalue weighted by molar-refractivity contribution is 0.574. The molecule has 0 aliphatic carbocycles. The lowest BCUT2D eigenvalue weighted by atomic mass is 10.6. The van der Waals surface area contributed by atoms with E-state index in [4.69, 9.17) is 0 Å². The Balaban J connectivity index is 2.94. The number of aromatic nitrogens is 2. The minimum atomic E-state index is -0.487. The van der Waals surface area contributed by atoms with E-state index < -0.39 is 5.95 Å². The fraction of sp³-hybridized carbons (Fsp3) is 0.200. The summed E-state index contributed by atoms with van der Waals surface area (Å²) >= 11 is 3.10. The van der Waals surface area contributed by atoms with E-state index in [0.29, 0.717) is 11.2 Å². The van der Waals surface area contributed by atoms with Gasteiger partial charge in [-0.15, -0.1) is 0 Å². The van der Waals surface area contributed by atoms with Gasteiger partial charge in [-0.3, -0.25) is 0 Å². The van der Waals surface area contributed by atoms with Crippen LogP contribution >= 0.6 is 15.9 Å². The number of hydrogen-bond donors (Lipinski definition) is 0. The van der Waals surface area contributed by atoms with Crippen molar-refractivity contribution in [3.05, 3.63) is 24.0 Å². The molecule has 0 bridgehead atoms. The second kappa shape index (κ2) is 2.87. The molecule has 0 saturated carbocycles. The van der Waals surface area contributed by atoms with Crippen LogP contribution in [-0.4, -0.2) is 9.97 Å². The van der Waals surface area contributed by atoms with Crippen LogP contribution in [0.3, 0.4) is 0 Å². The summed E-state index contributed by atoms with van der Waals surface area (Å²) in [6.07, 6.45) is 1.39. The Bertz CT molecular complexity index is 204. The molecule has 0 aliphatic heterocycles. The van der Waals surface area contributed by atoms with Crippen molar-refractivity contribution in [1.29, 1.82) is 0 Å². The SMILES string of the molecule is Fc1ccnc(CBr)n1. The monoisotopic (exact) mass is 190 g/mol. The standard InChI is InChI=1S/C5H4BrFN2/c6-3-5-8-2-1-4(7)9-5/h1-2H,3H2. The van der Waals surface area contributed by atoms with Crippen molar-refractivity contribution in [2.24, 2.45) is 0 Å². The first-order valence-electron chi connectivity index (χ1n) is 2.36. The topological polar surface area (TPSA) is 25.8 Å². The van der Waals surface area contributed by atoms with E-state index in [1.54, 1.807) is 0 Å². The van der Waals surface area contributed by atoms with Crippen LogP contribution in [0.5, 0.6) is 0 Å². The highest BCUT2D eigenvalue weighted by atomic mass is 79.9. The van der Waals surface area contributed by atoms with Gasteiger partial charge >= 0.3 is 0 Å². The van der Waals surface area contributed by atoms with Gasteiger partial charge in [0.25, 0.3) is 0 Å². The van der Waals surface area contributed by atoms with Gasteiger partial charge in [-0.2, -0.15) is 4.39 Å². The molecule has 0 N–H and O–H groups in total. The Kier molecular flexibility index (Phi) is 2.10. The van der Waals surface area contributed by atoms with E-state index in [1.165, 1.54) is 12.3 Å². The first kappa shape index (κ1) is 6.61.